The maximum atomic E-state index is 2.57. The molecule has 1 aliphatic rings. The van der Waals surface area contributed by atoms with Crippen LogP contribution in [0, 0.1) is 35.5 Å². The van der Waals surface area contributed by atoms with E-state index in [1.165, 1.54) is 64.2 Å². The Labute approximate surface area is 178 Å². The molecule has 164 valence electrons. The summed E-state index contributed by atoms with van der Waals surface area (Å²) in [5, 5.41) is 0. The molecule has 0 N–H and O–H groups in total. The fraction of sp³-hybridized carbons (Fsp3) is 0.857. The van der Waals surface area contributed by atoms with E-state index in [2.05, 4.69) is 67.5 Å². The molecule has 0 heterocycles. The van der Waals surface area contributed by atoms with Gasteiger partial charge in [0, 0.05) is 0 Å². The van der Waals surface area contributed by atoms with Crippen molar-refractivity contribution in [2.45, 2.75) is 120 Å². The van der Waals surface area contributed by atoms with E-state index in [4.69, 9.17) is 0 Å². The molecule has 0 aromatic rings. The van der Waals surface area contributed by atoms with Gasteiger partial charge in [0.15, 0.2) is 0 Å². The zero-order chi connectivity index (χ0) is 21.1. The zero-order valence-corrected chi connectivity index (χ0v) is 20.7. The van der Waals surface area contributed by atoms with E-state index >= 15 is 0 Å². The van der Waals surface area contributed by atoms with E-state index in [1.807, 2.05) is 0 Å². The Bertz CT molecular complexity index is 464. The summed E-state index contributed by atoms with van der Waals surface area (Å²) in [7, 11) is 0. The van der Waals surface area contributed by atoms with Gasteiger partial charge in [-0.25, -0.2) is 0 Å². The smallest absolute Gasteiger partial charge is 0.0200 e. The van der Waals surface area contributed by atoms with Crippen LogP contribution in [0.5, 0.6) is 0 Å². The Morgan fingerprint density at radius 1 is 1.00 bits per heavy atom. The lowest BCUT2D eigenvalue weighted by atomic mass is 9.71. The SMILES string of the molecule is CCC1CCC1=CC=C(C)CCC(C(C)CC)C(C)C(CC)CCCC(C)C. The van der Waals surface area contributed by atoms with Crippen LogP contribution in [-0.2, 0) is 0 Å². The summed E-state index contributed by atoms with van der Waals surface area (Å²) >= 11 is 0. The Morgan fingerprint density at radius 3 is 2.21 bits per heavy atom. The highest BCUT2D eigenvalue weighted by molar-refractivity contribution is 5.23. The summed E-state index contributed by atoms with van der Waals surface area (Å²) in [6.07, 6.45) is 18.5. The molecule has 1 rings (SSSR count). The Morgan fingerprint density at radius 2 is 1.71 bits per heavy atom. The second-order valence-electron chi connectivity index (χ2n) is 10.3. The highest BCUT2D eigenvalue weighted by atomic mass is 14.3. The van der Waals surface area contributed by atoms with Gasteiger partial charge in [-0.1, -0.05) is 104 Å². The standard InChI is InChI=1S/C28H52/c1-9-23(7)28(24(8)25(10-2)14-12-13-21(4)5)20-16-22(6)15-17-27-19-18-26(27)11-3/h15,17,21,23-26,28H,9-14,16,18-20H2,1-8H3. The van der Waals surface area contributed by atoms with Crippen LogP contribution in [0.15, 0.2) is 23.3 Å². The van der Waals surface area contributed by atoms with Gasteiger partial charge in [0.1, 0.15) is 0 Å². The summed E-state index contributed by atoms with van der Waals surface area (Å²) in [6, 6.07) is 0. The minimum atomic E-state index is 0.844. The second-order valence-corrected chi connectivity index (χ2v) is 10.3. The minimum absolute atomic E-state index is 0.844. The molecule has 0 aromatic heterocycles. The lowest BCUT2D eigenvalue weighted by Gasteiger charge is -2.35. The van der Waals surface area contributed by atoms with Crippen LogP contribution >= 0.6 is 0 Å². The molecular weight excluding hydrogens is 336 g/mol. The fourth-order valence-corrected chi connectivity index (χ4v) is 5.27. The third-order valence-corrected chi connectivity index (χ3v) is 7.93. The first kappa shape index (κ1) is 25.5. The van der Waals surface area contributed by atoms with Crippen molar-refractivity contribution in [1.29, 1.82) is 0 Å². The Kier molecular flexibility index (Phi) is 12.4. The Balaban J connectivity index is 2.65. The van der Waals surface area contributed by atoms with Gasteiger partial charge in [-0.3, -0.25) is 0 Å². The van der Waals surface area contributed by atoms with Gasteiger partial charge >= 0.3 is 0 Å². The van der Waals surface area contributed by atoms with Crippen LogP contribution in [-0.4, -0.2) is 0 Å². The van der Waals surface area contributed by atoms with Crippen molar-refractivity contribution in [3.8, 4) is 0 Å². The third-order valence-electron chi connectivity index (χ3n) is 7.93. The first-order valence-corrected chi connectivity index (χ1v) is 12.7. The van der Waals surface area contributed by atoms with Crippen LogP contribution in [0.1, 0.15) is 120 Å². The molecule has 0 bridgehead atoms. The van der Waals surface area contributed by atoms with Crippen molar-refractivity contribution in [2.75, 3.05) is 0 Å². The van der Waals surface area contributed by atoms with E-state index < -0.39 is 0 Å². The van der Waals surface area contributed by atoms with Gasteiger partial charge in [0.05, 0.1) is 0 Å². The molecule has 0 radical (unpaired) electrons. The zero-order valence-electron chi connectivity index (χ0n) is 20.7. The first-order chi connectivity index (χ1) is 13.3. The minimum Gasteiger partial charge on any atom is -0.0733 e. The van der Waals surface area contributed by atoms with Crippen LogP contribution in [0.25, 0.3) is 0 Å². The highest BCUT2D eigenvalue weighted by Gasteiger charge is 2.28. The molecule has 0 saturated heterocycles. The van der Waals surface area contributed by atoms with Gasteiger partial charge in [-0.15, -0.1) is 0 Å². The molecule has 1 aliphatic carbocycles. The molecule has 0 aromatic carbocycles. The van der Waals surface area contributed by atoms with Crippen molar-refractivity contribution in [2.24, 2.45) is 35.5 Å². The largest absolute Gasteiger partial charge is 0.0733 e. The third kappa shape index (κ3) is 8.46. The summed E-state index contributed by atoms with van der Waals surface area (Å²) in [6.45, 7) is 19.3. The van der Waals surface area contributed by atoms with Crippen LogP contribution in [0.3, 0.4) is 0 Å². The molecule has 5 atom stereocenters. The molecule has 0 nitrogen and oxygen atoms in total. The molecular formula is C28H52. The van der Waals surface area contributed by atoms with Crippen LogP contribution in [0.2, 0.25) is 0 Å². The van der Waals surface area contributed by atoms with E-state index in [9.17, 15) is 0 Å². The summed E-state index contributed by atoms with van der Waals surface area (Å²) in [5.41, 5.74) is 3.28. The van der Waals surface area contributed by atoms with E-state index in [0.717, 1.165) is 35.5 Å². The average molecular weight is 389 g/mol. The highest BCUT2D eigenvalue weighted by Crippen LogP contribution is 2.38. The van der Waals surface area contributed by atoms with E-state index in [1.54, 1.807) is 11.1 Å². The number of rotatable bonds is 14. The summed E-state index contributed by atoms with van der Waals surface area (Å²) in [4.78, 5) is 0. The lowest BCUT2D eigenvalue weighted by molar-refractivity contribution is 0.156. The van der Waals surface area contributed by atoms with Crippen molar-refractivity contribution in [1.82, 2.24) is 0 Å². The maximum Gasteiger partial charge on any atom is -0.0200 e. The molecule has 0 spiro atoms. The van der Waals surface area contributed by atoms with Crippen molar-refractivity contribution < 1.29 is 0 Å². The first-order valence-electron chi connectivity index (χ1n) is 12.7. The average Bonchev–Trinajstić information content (AvgIpc) is 2.64. The molecule has 0 aliphatic heterocycles. The predicted molar refractivity (Wildman–Crippen MR) is 129 cm³/mol. The number of hydrogen-bond acceptors (Lipinski definition) is 0. The van der Waals surface area contributed by atoms with Gasteiger partial charge in [0.2, 0.25) is 0 Å². The maximum absolute atomic E-state index is 2.57. The number of allylic oxidation sites excluding steroid dienone is 4. The molecule has 1 fully saturated rings. The second kappa shape index (κ2) is 13.7. The monoisotopic (exact) mass is 388 g/mol. The van der Waals surface area contributed by atoms with Crippen molar-refractivity contribution >= 4 is 0 Å². The molecule has 0 amide bonds. The predicted octanol–water partition coefficient (Wildman–Crippen LogP) is 9.61. The molecule has 5 unspecified atom stereocenters. The van der Waals surface area contributed by atoms with Gasteiger partial charge < -0.3 is 0 Å². The normalized spacial score (nSPS) is 23.5. The summed E-state index contributed by atoms with van der Waals surface area (Å²) in [5.74, 6) is 5.21. The van der Waals surface area contributed by atoms with Crippen LogP contribution < -0.4 is 0 Å². The van der Waals surface area contributed by atoms with Crippen LogP contribution in [0.4, 0.5) is 0 Å². The molecule has 1 saturated carbocycles. The lowest BCUT2D eigenvalue weighted by Crippen LogP contribution is -2.26. The summed E-state index contributed by atoms with van der Waals surface area (Å²) < 4.78 is 0. The van der Waals surface area contributed by atoms with E-state index in [0.29, 0.717) is 0 Å². The number of hydrogen-bond donors (Lipinski definition) is 0. The molecule has 0 heteroatoms. The Hall–Kier alpha value is -0.520. The van der Waals surface area contributed by atoms with Crippen molar-refractivity contribution in [3.05, 3.63) is 23.3 Å². The quantitative estimate of drug-likeness (QED) is 0.278. The van der Waals surface area contributed by atoms with Crippen molar-refractivity contribution in [3.63, 3.8) is 0 Å². The van der Waals surface area contributed by atoms with E-state index in [-0.39, 0.29) is 0 Å². The van der Waals surface area contributed by atoms with Gasteiger partial charge in [-0.05, 0) is 74.5 Å². The van der Waals surface area contributed by atoms with Gasteiger partial charge in [0.25, 0.3) is 0 Å². The fourth-order valence-electron chi connectivity index (χ4n) is 5.27. The van der Waals surface area contributed by atoms with Gasteiger partial charge in [-0.2, -0.15) is 0 Å². The topological polar surface area (TPSA) is 0 Å². The molecule has 28 heavy (non-hydrogen) atoms.